The SMILES string of the molecule is CC[C@@H](C)NC(=O)c1ccccc1NC(=O)CN(c1ccc(C)c(Cl)c1)S(C)(=O)=O. The van der Waals surface area contributed by atoms with Crippen molar-refractivity contribution < 1.29 is 18.0 Å². The molecular formula is C21H26ClN3O4S. The number of carbonyl (C=O) groups excluding carboxylic acids is 2. The van der Waals surface area contributed by atoms with Gasteiger partial charge in [-0.2, -0.15) is 0 Å². The highest BCUT2D eigenvalue weighted by Gasteiger charge is 2.22. The molecule has 0 aromatic heterocycles. The van der Waals surface area contributed by atoms with Crippen molar-refractivity contribution in [2.75, 3.05) is 22.4 Å². The third-order valence-electron chi connectivity index (χ3n) is 4.57. The third kappa shape index (κ3) is 6.21. The van der Waals surface area contributed by atoms with Crippen LogP contribution < -0.4 is 14.9 Å². The van der Waals surface area contributed by atoms with Gasteiger partial charge >= 0.3 is 0 Å². The summed E-state index contributed by atoms with van der Waals surface area (Å²) in [4.78, 5) is 25.2. The Labute approximate surface area is 182 Å². The van der Waals surface area contributed by atoms with Crippen LogP contribution in [0.25, 0.3) is 0 Å². The molecule has 0 bridgehead atoms. The molecule has 7 nitrogen and oxygen atoms in total. The number of hydrogen-bond donors (Lipinski definition) is 2. The average Bonchev–Trinajstić information content (AvgIpc) is 2.67. The number of nitrogens with one attached hydrogen (secondary N) is 2. The van der Waals surface area contributed by atoms with Crippen LogP contribution in [-0.2, 0) is 14.8 Å². The van der Waals surface area contributed by atoms with Crippen LogP contribution in [0, 0.1) is 6.92 Å². The largest absolute Gasteiger partial charge is 0.350 e. The summed E-state index contributed by atoms with van der Waals surface area (Å²) in [6.45, 7) is 5.18. The zero-order valence-corrected chi connectivity index (χ0v) is 19.0. The van der Waals surface area contributed by atoms with E-state index in [4.69, 9.17) is 11.6 Å². The Morgan fingerprint density at radius 2 is 1.83 bits per heavy atom. The summed E-state index contributed by atoms with van der Waals surface area (Å²) in [6, 6.07) is 11.3. The molecule has 162 valence electrons. The van der Waals surface area contributed by atoms with Crippen molar-refractivity contribution in [3.8, 4) is 0 Å². The number of sulfonamides is 1. The minimum Gasteiger partial charge on any atom is -0.350 e. The van der Waals surface area contributed by atoms with Crippen LogP contribution in [0.4, 0.5) is 11.4 Å². The summed E-state index contributed by atoms with van der Waals surface area (Å²) < 4.78 is 25.5. The van der Waals surface area contributed by atoms with Crippen LogP contribution in [0.5, 0.6) is 0 Å². The van der Waals surface area contributed by atoms with E-state index in [1.54, 1.807) is 43.3 Å². The summed E-state index contributed by atoms with van der Waals surface area (Å²) in [5.74, 6) is -0.897. The van der Waals surface area contributed by atoms with Crippen molar-refractivity contribution in [2.24, 2.45) is 0 Å². The first kappa shape index (κ1) is 23.7. The second kappa shape index (κ2) is 9.95. The molecule has 0 saturated heterocycles. The fraction of sp³-hybridized carbons (Fsp3) is 0.333. The summed E-state index contributed by atoms with van der Waals surface area (Å²) in [5.41, 5.74) is 1.68. The quantitative estimate of drug-likeness (QED) is 0.641. The van der Waals surface area contributed by atoms with Gasteiger partial charge in [0.25, 0.3) is 5.91 Å². The molecule has 2 amide bonds. The molecule has 0 aliphatic heterocycles. The topological polar surface area (TPSA) is 95.6 Å². The van der Waals surface area contributed by atoms with E-state index in [1.807, 2.05) is 13.8 Å². The predicted molar refractivity (Wildman–Crippen MR) is 121 cm³/mol. The van der Waals surface area contributed by atoms with E-state index in [0.29, 0.717) is 16.3 Å². The van der Waals surface area contributed by atoms with Crippen molar-refractivity contribution in [1.82, 2.24) is 5.32 Å². The van der Waals surface area contributed by atoms with Crippen LogP contribution in [-0.4, -0.2) is 39.1 Å². The molecule has 0 fully saturated rings. The number of anilines is 2. The molecular weight excluding hydrogens is 426 g/mol. The first-order chi connectivity index (χ1) is 14.0. The monoisotopic (exact) mass is 451 g/mol. The van der Waals surface area contributed by atoms with Gasteiger partial charge in [0.05, 0.1) is 23.2 Å². The van der Waals surface area contributed by atoms with Gasteiger partial charge in [0.1, 0.15) is 6.54 Å². The summed E-state index contributed by atoms with van der Waals surface area (Å²) in [5, 5.41) is 5.89. The number of benzene rings is 2. The standard InChI is InChI=1S/C21H26ClN3O4S/c1-5-15(3)23-21(27)17-8-6-7-9-19(17)24-20(26)13-25(30(4,28)29)16-11-10-14(2)18(22)12-16/h6-12,15H,5,13H2,1-4H3,(H,23,27)(H,24,26)/t15-/m1/s1. The summed E-state index contributed by atoms with van der Waals surface area (Å²) >= 11 is 6.12. The van der Waals surface area contributed by atoms with E-state index in [1.165, 1.54) is 6.07 Å². The fourth-order valence-electron chi connectivity index (χ4n) is 2.65. The zero-order chi connectivity index (χ0) is 22.5. The molecule has 1 atom stereocenters. The average molecular weight is 452 g/mol. The molecule has 2 N–H and O–H groups in total. The first-order valence-electron chi connectivity index (χ1n) is 9.46. The number of nitrogens with zero attached hydrogens (tertiary/aromatic N) is 1. The number of amides is 2. The lowest BCUT2D eigenvalue weighted by Gasteiger charge is -2.23. The van der Waals surface area contributed by atoms with Crippen molar-refractivity contribution >= 4 is 44.8 Å². The number of hydrogen-bond acceptors (Lipinski definition) is 4. The van der Waals surface area contributed by atoms with Crippen molar-refractivity contribution in [1.29, 1.82) is 0 Å². The van der Waals surface area contributed by atoms with Crippen LogP contribution in [0.15, 0.2) is 42.5 Å². The maximum absolute atomic E-state index is 12.7. The molecule has 0 spiro atoms. The van der Waals surface area contributed by atoms with E-state index < -0.39 is 22.5 Å². The molecule has 2 rings (SSSR count). The minimum absolute atomic E-state index is 0.0201. The Bertz CT molecular complexity index is 1040. The Hall–Kier alpha value is -2.58. The molecule has 0 aliphatic carbocycles. The Balaban J connectivity index is 2.24. The van der Waals surface area contributed by atoms with E-state index in [2.05, 4.69) is 10.6 Å². The van der Waals surface area contributed by atoms with Gasteiger partial charge in [0.2, 0.25) is 15.9 Å². The Kier molecular flexibility index (Phi) is 7.86. The molecule has 30 heavy (non-hydrogen) atoms. The normalized spacial score (nSPS) is 12.2. The second-order valence-electron chi connectivity index (χ2n) is 7.08. The molecule has 0 aliphatic rings. The minimum atomic E-state index is -3.75. The van der Waals surface area contributed by atoms with Crippen LogP contribution in [0.1, 0.15) is 36.2 Å². The highest BCUT2D eigenvalue weighted by Crippen LogP contribution is 2.25. The third-order valence-corrected chi connectivity index (χ3v) is 6.11. The zero-order valence-electron chi connectivity index (χ0n) is 17.4. The number of aryl methyl sites for hydroxylation is 1. The Morgan fingerprint density at radius 3 is 2.43 bits per heavy atom. The molecule has 2 aromatic rings. The lowest BCUT2D eigenvalue weighted by molar-refractivity contribution is -0.114. The van der Waals surface area contributed by atoms with E-state index >= 15 is 0 Å². The number of carbonyl (C=O) groups is 2. The molecule has 0 unspecified atom stereocenters. The van der Waals surface area contributed by atoms with Gasteiger partial charge in [-0.15, -0.1) is 0 Å². The maximum atomic E-state index is 12.7. The first-order valence-corrected chi connectivity index (χ1v) is 11.7. The summed E-state index contributed by atoms with van der Waals surface area (Å²) in [6.07, 6.45) is 1.78. The van der Waals surface area contributed by atoms with Gasteiger partial charge in [0.15, 0.2) is 0 Å². The Morgan fingerprint density at radius 1 is 1.17 bits per heavy atom. The smallest absolute Gasteiger partial charge is 0.253 e. The number of para-hydroxylation sites is 1. The van der Waals surface area contributed by atoms with Gasteiger partial charge in [-0.25, -0.2) is 8.42 Å². The molecule has 0 saturated carbocycles. The van der Waals surface area contributed by atoms with Crippen molar-refractivity contribution in [2.45, 2.75) is 33.2 Å². The van der Waals surface area contributed by atoms with Gasteiger partial charge in [-0.3, -0.25) is 13.9 Å². The van der Waals surface area contributed by atoms with Crippen molar-refractivity contribution in [3.05, 3.63) is 58.6 Å². The fourth-order valence-corrected chi connectivity index (χ4v) is 3.67. The van der Waals surface area contributed by atoms with Gasteiger partial charge in [-0.05, 0) is 50.1 Å². The van der Waals surface area contributed by atoms with Crippen molar-refractivity contribution in [3.63, 3.8) is 0 Å². The highest BCUT2D eigenvalue weighted by atomic mass is 35.5. The predicted octanol–water partition coefficient (Wildman–Crippen LogP) is 3.58. The van der Waals surface area contributed by atoms with Crippen LogP contribution in [0.2, 0.25) is 5.02 Å². The lowest BCUT2D eigenvalue weighted by Crippen LogP contribution is -2.38. The molecule has 2 aromatic carbocycles. The molecule has 9 heteroatoms. The van der Waals surface area contributed by atoms with Gasteiger partial charge < -0.3 is 10.6 Å². The second-order valence-corrected chi connectivity index (χ2v) is 9.39. The summed E-state index contributed by atoms with van der Waals surface area (Å²) in [7, 11) is -3.75. The molecule has 0 heterocycles. The number of rotatable bonds is 8. The van der Waals surface area contributed by atoms with Crippen LogP contribution in [0.3, 0.4) is 0 Å². The van der Waals surface area contributed by atoms with Gasteiger partial charge in [-0.1, -0.05) is 36.7 Å². The maximum Gasteiger partial charge on any atom is 0.253 e. The molecule has 0 radical (unpaired) electrons. The van der Waals surface area contributed by atoms with Gasteiger partial charge in [0, 0.05) is 11.1 Å². The lowest BCUT2D eigenvalue weighted by atomic mass is 10.1. The van der Waals surface area contributed by atoms with E-state index in [9.17, 15) is 18.0 Å². The van der Waals surface area contributed by atoms with E-state index in [-0.39, 0.29) is 17.6 Å². The van der Waals surface area contributed by atoms with E-state index in [0.717, 1.165) is 22.5 Å². The highest BCUT2D eigenvalue weighted by molar-refractivity contribution is 7.92. The van der Waals surface area contributed by atoms with Crippen LogP contribution >= 0.6 is 11.6 Å². The number of halogens is 1.